The molecule has 23 heavy (non-hydrogen) atoms. The van der Waals surface area contributed by atoms with Crippen molar-refractivity contribution in [3.8, 4) is 11.5 Å². The van der Waals surface area contributed by atoms with E-state index in [1.165, 1.54) is 0 Å². The summed E-state index contributed by atoms with van der Waals surface area (Å²) in [5.74, 6) is 0.188. The van der Waals surface area contributed by atoms with Crippen LogP contribution in [0.5, 0.6) is 11.5 Å². The van der Waals surface area contributed by atoms with Crippen molar-refractivity contribution in [2.75, 3.05) is 7.11 Å². The summed E-state index contributed by atoms with van der Waals surface area (Å²) in [4.78, 5) is 13.2. The van der Waals surface area contributed by atoms with Gasteiger partial charge in [0.2, 0.25) is 11.4 Å². The van der Waals surface area contributed by atoms with Crippen molar-refractivity contribution in [1.82, 2.24) is 0 Å². The predicted octanol–water partition coefficient (Wildman–Crippen LogP) is 3.55. The third-order valence-electron chi connectivity index (χ3n) is 4.71. The molecule has 0 saturated carbocycles. The molecule has 4 rings (SSSR count). The van der Waals surface area contributed by atoms with E-state index in [2.05, 4.69) is 0 Å². The van der Waals surface area contributed by atoms with E-state index in [0.29, 0.717) is 17.1 Å². The Morgan fingerprint density at radius 1 is 1.09 bits per heavy atom. The van der Waals surface area contributed by atoms with E-state index in [4.69, 9.17) is 14.2 Å². The number of ketones is 1. The molecule has 2 heterocycles. The molecule has 0 aliphatic carbocycles. The maximum Gasteiger partial charge on any atom is 0.255 e. The lowest BCUT2D eigenvalue weighted by molar-refractivity contribution is 0.0169. The Morgan fingerprint density at radius 2 is 1.83 bits per heavy atom. The van der Waals surface area contributed by atoms with E-state index in [1.54, 1.807) is 25.3 Å². The first kappa shape index (κ1) is 14.3. The lowest BCUT2D eigenvalue weighted by Crippen LogP contribution is -2.43. The minimum absolute atomic E-state index is 0.0195. The largest absolute Gasteiger partial charge is 0.497 e. The molecule has 0 N–H and O–H groups in total. The van der Waals surface area contributed by atoms with Gasteiger partial charge < -0.3 is 14.2 Å². The van der Waals surface area contributed by atoms with Crippen LogP contribution >= 0.6 is 0 Å². The SMILES string of the molecule is COc1ccc2c(c1)O[C@@]1(C(C)C)O[C@@]1(c1ccccc1)C2=O. The highest BCUT2D eigenvalue weighted by atomic mass is 16.8. The van der Waals surface area contributed by atoms with Crippen LogP contribution in [0, 0.1) is 5.92 Å². The van der Waals surface area contributed by atoms with Crippen molar-refractivity contribution in [3.05, 3.63) is 59.7 Å². The van der Waals surface area contributed by atoms with Crippen LogP contribution in [-0.4, -0.2) is 18.7 Å². The highest BCUT2D eigenvalue weighted by Gasteiger charge is 2.81. The first-order chi connectivity index (χ1) is 11.0. The summed E-state index contributed by atoms with van der Waals surface area (Å²) in [5, 5.41) is 0. The lowest BCUT2D eigenvalue weighted by Gasteiger charge is -2.29. The van der Waals surface area contributed by atoms with Crippen LogP contribution in [0.25, 0.3) is 0 Å². The molecule has 2 aromatic rings. The number of carbonyl (C=O) groups excluding carboxylic acids is 1. The minimum Gasteiger partial charge on any atom is -0.497 e. The molecule has 2 aliphatic rings. The summed E-state index contributed by atoms with van der Waals surface area (Å²) in [6.07, 6.45) is 0. The first-order valence-corrected chi connectivity index (χ1v) is 7.73. The zero-order valence-electron chi connectivity index (χ0n) is 13.3. The maximum atomic E-state index is 13.2. The second-order valence-electron chi connectivity index (χ2n) is 6.26. The number of methoxy groups -OCH3 is 1. The standard InChI is InChI=1S/C19H18O4/c1-12(2)19-18(23-19,13-7-5-4-6-8-13)17(20)15-10-9-14(21-3)11-16(15)22-19/h4-12H,1-3H3/t18-,19-/m0/s1. The Balaban J connectivity index is 1.90. The molecule has 2 aliphatic heterocycles. The average molecular weight is 310 g/mol. The number of carbonyl (C=O) groups is 1. The molecule has 1 saturated heterocycles. The molecule has 0 bridgehead atoms. The van der Waals surface area contributed by atoms with Gasteiger partial charge in [0.1, 0.15) is 11.5 Å². The number of hydrogen-bond donors (Lipinski definition) is 0. The number of hydrogen-bond acceptors (Lipinski definition) is 4. The fourth-order valence-corrected chi connectivity index (χ4v) is 3.46. The molecule has 0 spiro atoms. The molecular weight excluding hydrogens is 292 g/mol. The Labute approximate surface area is 135 Å². The number of ether oxygens (including phenoxy) is 3. The van der Waals surface area contributed by atoms with E-state index in [9.17, 15) is 4.79 Å². The highest BCUT2D eigenvalue weighted by Crippen LogP contribution is 2.64. The minimum atomic E-state index is -1.05. The second-order valence-corrected chi connectivity index (χ2v) is 6.26. The number of fused-ring (bicyclic) bond motifs is 2. The Morgan fingerprint density at radius 3 is 2.48 bits per heavy atom. The third kappa shape index (κ3) is 1.67. The monoisotopic (exact) mass is 310 g/mol. The summed E-state index contributed by atoms with van der Waals surface area (Å²) in [7, 11) is 1.59. The molecule has 0 radical (unpaired) electrons. The van der Waals surface area contributed by atoms with Gasteiger partial charge in [-0.05, 0) is 17.7 Å². The number of rotatable bonds is 3. The molecule has 0 amide bonds. The quantitative estimate of drug-likeness (QED) is 0.814. The normalized spacial score (nSPS) is 27.9. The van der Waals surface area contributed by atoms with Gasteiger partial charge >= 0.3 is 0 Å². The zero-order valence-corrected chi connectivity index (χ0v) is 13.3. The molecule has 2 aromatic carbocycles. The molecule has 1 fully saturated rings. The molecular formula is C19H18O4. The van der Waals surface area contributed by atoms with Gasteiger partial charge in [-0.2, -0.15) is 0 Å². The van der Waals surface area contributed by atoms with Crippen molar-refractivity contribution < 1.29 is 19.0 Å². The van der Waals surface area contributed by atoms with Crippen molar-refractivity contribution >= 4 is 5.78 Å². The zero-order chi connectivity index (χ0) is 16.2. The molecule has 0 aromatic heterocycles. The second kappa shape index (κ2) is 4.59. The van der Waals surface area contributed by atoms with Crippen LogP contribution in [0.4, 0.5) is 0 Å². The van der Waals surface area contributed by atoms with Gasteiger partial charge in [0.25, 0.3) is 5.79 Å². The summed E-state index contributed by atoms with van der Waals surface area (Å²) >= 11 is 0. The van der Waals surface area contributed by atoms with Gasteiger partial charge in [-0.3, -0.25) is 4.79 Å². The van der Waals surface area contributed by atoms with Crippen LogP contribution in [0.2, 0.25) is 0 Å². The number of benzene rings is 2. The van der Waals surface area contributed by atoms with Crippen LogP contribution in [0.15, 0.2) is 48.5 Å². The maximum absolute atomic E-state index is 13.2. The van der Waals surface area contributed by atoms with Gasteiger partial charge in [-0.25, -0.2) is 0 Å². The van der Waals surface area contributed by atoms with Gasteiger partial charge in [-0.15, -0.1) is 0 Å². The Hall–Kier alpha value is -2.33. The summed E-state index contributed by atoms with van der Waals surface area (Å²) in [6.45, 7) is 4.01. The van der Waals surface area contributed by atoms with Crippen molar-refractivity contribution in [3.63, 3.8) is 0 Å². The van der Waals surface area contributed by atoms with E-state index < -0.39 is 11.4 Å². The summed E-state index contributed by atoms with van der Waals surface area (Å²) in [5.41, 5.74) is 0.313. The molecule has 2 atom stereocenters. The number of epoxide rings is 1. The fourth-order valence-electron chi connectivity index (χ4n) is 3.46. The molecule has 0 unspecified atom stereocenters. The highest BCUT2D eigenvalue weighted by molar-refractivity contribution is 6.09. The van der Waals surface area contributed by atoms with Gasteiger partial charge in [0.15, 0.2) is 0 Å². The smallest absolute Gasteiger partial charge is 0.255 e. The Bertz CT molecular complexity index is 783. The van der Waals surface area contributed by atoms with Crippen LogP contribution in [0.3, 0.4) is 0 Å². The van der Waals surface area contributed by atoms with Crippen LogP contribution < -0.4 is 9.47 Å². The fraction of sp³-hybridized carbons (Fsp3) is 0.316. The lowest BCUT2D eigenvalue weighted by atomic mass is 9.79. The summed E-state index contributed by atoms with van der Waals surface area (Å²) < 4.78 is 17.5. The predicted molar refractivity (Wildman–Crippen MR) is 84.7 cm³/mol. The first-order valence-electron chi connectivity index (χ1n) is 7.73. The van der Waals surface area contributed by atoms with Crippen LogP contribution in [-0.2, 0) is 10.3 Å². The van der Waals surface area contributed by atoms with E-state index >= 15 is 0 Å². The van der Waals surface area contributed by atoms with Crippen LogP contribution in [0.1, 0.15) is 29.8 Å². The molecule has 118 valence electrons. The van der Waals surface area contributed by atoms with E-state index in [1.807, 2.05) is 44.2 Å². The van der Waals surface area contributed by atoms with Crippen molar-refractivity contribution in [2.24, 2.45) is 5.92 Å². The van der Waals surface area contributed by atoms with Crippen molar-refractivity contribution in [2.45, 2.75) is 25.2 Å². The summed E-state index contributed by atoms with van der Waals surface area (Å²) in [6, 6.07) is 14.8. The third-order valence-corrected chi connectivity index (χ3v) is 4.71. The molecule has 4 nitrogen and oxygen atoms in total. The van der Waals surface area contributed by atoms with Gasteiger partial charge in [0, 0.05) is 12.0 Å². The van der Waals surface area contributed by atoms with Gasteiger partial charge in [0.05, 0.1) is 12.7 Å². The van der Waals surface area contributed by atoms with Gasteiger partial charge in [-0.1, -0.05) is 44.2 Å². The van der Waals surface area contributed by atoms with E-state index in [-0.39, 0.29) is 11.7 Å². The van der Waals surface area contributed by atoms with E-state index in [0.717, 1.165) is 5.56 Å². The van der Waals surface area contributed by atoms with Crippen molar-refractivity contribution in [1.29, 1.82) is 0 Å². The average Bonchev–Trinajstić information content (AvgIpc) is 3.27. The topological polar surface area (TPSA) is 48.1 Å². The Kier molecular flexibility index (Phi) is 2.85. The number of Topliss-reactive ketones (excluding diaryl/α,β-unsaturated/α-hetero) is 1. The molecule has 4 heteroatoms.